The molecule has 0 unspecified atom stereocenters. The van der Waals surface area contributed by atoms with Gasteiger partial charge in [0, 0.05) is 24.8 Å². The molecule has 6 heteroatoms. The molecular weight excluding hydrogens is 316 g/mol. The molecular formula is C13H17BrO5. The fraction of sp³-hybridized carbons (Fsp3) is 0.462. The van der Waals surface area contributed by atoms with Crippen molar-refractivity contribution in [3.8, 4) is 5.75 Å². The van der Waals surface area contributed by atoms with E-state index in [1.165, 1.54) is 6.07 Å². The van der Waals surface area contributed by atoms with E-state index in [1.807, 2.05) is 0 Å². The standard InChI is InChI=1S/C13H17BrO5/c1-17-5-2-6-18-7-8-19-10-3-4-11(13(15)16)12(14)9-10/h3-4,9H,2,5-8H2,1H3,(H,15,16). The van der Waals surface area contributed by atoms with Gasteiger partial charge in [0.25, 0.3) is 0 Å². The molecule has 0 heterocycles. The van der Waals surface area contributed by atoms with Crippen molar-refractivity contribution < 1.29 is 24.1 Å². The number of halogens is 1. The molecule has 1 N–H and O–H groups in total. The number of carboxylic acids is 1. The zero-order chi connectivity index (χ0) is 14.1. The van der Waals surface area contributed by atoms with Gasteiger partial charge in [-0.1, -0.05) is 0 Å². The Kier molecular flexibility index (Phi) is 7.47. The van der Waals surface area contributed by atoms with Gasteiger partial charge in [-0.15, -0.1) is 0 Å². The van der Waals surface area contributed by atoms with Crippen LogP contribution in [0.5, 0.6) is 5.75 Å². The van der Waals surface area contributed by atoms with Gasteiger partial charge in [0.05, 0.1) is 12.2 Å². The lowest BCUT2D eigenvalue weighted by Gasteiger charge is -2.08. The first kappa shape index (κ1) is 15.9. The molecule has 1 aromatic carbocycles. The smallest absolute Gasteiger partial charge is 0.336 e. The third-order valence-corrected chi connectivity index (χ3v) is 2.96. The van der Waals surface area contributed by atoms with E-state index in [-0.39, 0.29) is 5.56 Å². The van der Waals surface area contributed by atoms with Gasteiger partial charge in [0.1, 0.15) is 12.4 Å². The van der Waals surface area contributed by atoms with Gasteiger partial charge in [-0.3, -0.25) is 0 Å². The topological polar surface area (TPSA) is 65.0 Å². The van der Waals surface area contributed by atoms with E-state index in [0.717, 1.165) is 6.42 Å². The Morgan fingerprint density at radius 2 is 2.05 bits per heavy atom. The van der Waals surface area contributed by atoms with Crippen molar-refractivity contribution in [3.05, 3.63) is 28.2 Å². The molecule has 19 heavy (non-hydrogen) atoms. The maximum absolute atomic E-state index is 10.8. The number of hydrogen-bond donors (Lipinski definition) is 1. The van der Waals surface area contributed by atoms with Gasteiger partial charge in [-0.2, -0.15) is 0 Å². The van der Waals surface area contributed by atoms with Gasteiger partial charge in [-0.25, -0.2) is 4.79 Å². The van der Waals surface area contributed by atoms with Crippen molar-refractivity contribution in [2.75, 3.05) is 33.5 Å². The van der Waals surface area contributed by atoms with Crippen LogP contribution in [0.4, 0.5) is 0 Å². The summed E-state index contributed by atoms with van der Waals surface area (Å²) >= 11 is 3.19. The lowest BCUT2D eigenvalue weighted by Crippen LogP contribution is -2.08. The molecule has 106 valence electrons. The number of carboxylic acid groups (broad SMARTS) is 1. The molecule has 5 nitrogen and oxygen atoms in total. The summed E-state index contributed by atoms with van der Waals surface area (Å²) in [4.78, 5) is 10.8. The van der Waals surface area contributed by atoms with E-state index in [0.29, 0.717) is 36.6 Å². The Hall–Kier alpha value is -1.11. The minimum absolute atomic E-state index is 0.211. The SMILES string of the molecule is COCCCOCCOc1ccc(C(=O)O)c(Br)c1. The van der Waals surface area contributed by atoms with Crippen LogP contribution in [0.3, 0.4) is 0 Å². The van der Waals surface area contributed by atoms with Crippen molar-refractivity contribution in [3.63, 3.8) is 0 Å². The molecule has 0 saturated carbocycles. The van der Waals surface area contributed by atoms with E-state index in [2.05, 4.69) is 15.9 Å². The third-order valence-electron chi connectivity index (χ3n) is 2.30. The van der Waals surface area contributed by atoms with E-state index < -0.39 is 5.97 Å². The first-order valence-corrected chi connectivity index (χ1v) is 6.66. The molecule has 0 fully saturated rings. The van der Waals surface area contributed by atoms with E-state index in [1.54, 1.807) is 19.2 Å². The maximum Gasteiger partial charge on any atom is 0.336 e. The maximum atomic E-state index is 10.8. The van der Waals surface area contributed by atoms with Gasteiger partial charge in [0.2, 0.25) is 0 Å². The number of aromatic carboxylic acids is 1. The average molecular weight is 333 g/mol. The number of hydrogen-bond acceptors (Lipinski definition) is 4. The highest BCUT2D eigenvalue weighted by Gasteiger charge is 2.08. The van der Waals surface area contributed by atoms with Gasteiger partial charge < -0.3 is 19.3 Å². The summed E-state index contributed by atoms with van der Waals surface area (Å²) in [6, 6.07) is 4.76. The Bertz CT molecular complexity index is 408. The molecule has 0 radical (unpaired) electrons. The fourth-order valence-electron chi connectivity index (χ4n) is 1.38. The first-order valence-electron chi connectivity index (χ1n) is 5.87. The number of ether oxygens (including phenoxy) is 3. The molecule has 0 aromatic heterocycles. The number of carbonyl (C=O) groups is 1. The highest BCUT2D eigenvalue weighted by atomic mass is 79.9. The summed E-state index contributed by atoms with van der Waals surface area (Å²) in [6.07, 6.45) is 0.857. The van der Waals surface area contributed by atoms with E-state index >= 15 is 0 Å². The summed E-state index contributed by atoms with van der Waals surface area (Å²) in [6.45, 7) is 2.23. The summed E-state index contributed by atoms with van der Waals surface area (Å²) < 4.78 is 16.2. The van der Waals surface area contributed by atoms with Crippen molar-refractivity contribution in [2.24, 2.45) is 0 Å². The van der Waals surface area contributed by atoms with Crippen LogP contribution >= 0.6 is 15.9 Å². The second-order valence-corrected chi connectivity index (χ2v) is 4.61. The summed E-state index contributed by atoms with van der Waals surface area (Å²) in [5, 5.41) is 8.87. The Morgan fingerprint density at radius 3 is 2.68 bits per heavy atom. The largest absolute Gasteiger partial charge is 0.491 e. The molecule has 0 saturated heterocycles. The van der Waals surface area contributed by atoms with Crippen LogP contribution in [0.25, 0.3) is 0 Å². The van der Waals surface area contributed by atoms with Crippen LogP contribution in [0.15, 0.2) is 22.7 Å². The zero-order valence-corrected chi connectivity index (χ0v) is 12.3. The molecule has 0 bridgehead atoms. The summed E-state index contributed by atoms with van der Waals surface area (Å²) in [7, 11) is 1.65. The predicted octanol–water partition coefficient (Wildman–Crippen LogP) is 2.58. The quantitative estimate of drug-likeness (QED) is 0.704. The Balaban J connectivity index is 2.26. The molecule has 0 spiro atoms. The minimum atomic E-state index is -0.972. The number of benzene rings is 1. The molecule has 0 aliphatic carbocycles. The highest BCUT2D eigenvalue weighted by Crippen LogP contribution is 2.23. The molecule has 1 rings (SSSR count). The number of methoxy groups -OCH3 is 1. The molecule has 0 aliphatic heterocycles. The zero-order valence-electron chi connectivity index (χ0n) is 10.7. The Labute approximate surface area is 120 Å². The van der Waals surface area contributed by atoms with Gasteiger partial charge in [-0.05, 0) is 40.5 Å². The van der Waals surface area contributed by atoms with Crippen LogP contribution < -0.4 is 4.74 Å². The highest BCUT2D eigenvalue weighted by molar-refractivity contribution is 9.10. The molecule has 0 aliphatic rings. The van der Waals surface area contributed by atoms with E-state index in [4.69, 9.17) is 19.3 Å². The lowest BCUT2D eigenvalue weighted by molar-refractivity contribution is 0.0695. The first-order chi connectivity index (χ1) is 9.15. The van der Waals surface area contributed by atoms with E-state index in [9.17, 15) is 4.79 Å². The second kappa shape index (κ2) is 8.90. The van der Waals surface area contributed by atoms with Crippen LogP contribution in [-0.2, 0) is 9.47 Å². The van der Waals surface area contributed by atoms with Crippen molar-refractivity contribution in [1.82, 2.24) is 0 Å². The minimum Gasteiger partial charge on any atom is -0.491 e. The van der Waals surface area contributed by atoms with Crippen molar-refractivity contribution >= 4 is 21.9 Å². The normalized spacial score (nSPS) is 10.4. The van der Waals surface area contributed by atoms with Gasteiger partial charge >= 0.3 is 5.97 Å². The Morgan fingerprint density at radius 1 is 1.26 bits per heavy atom. The van der Waals surface area contributed by atoms with Crippen LogP contribution in [0.1, 0.15) is 16.8 Å². The second-order valence-electron chi connectivity index (χ2n) is 3.75. The van der Waals surface area contributed by atoms with Crippen LogP contribution in [0, 0.1) is 0 Å². The molecule has 0 atom stereocenters. The van der Waals surface area contributed by atoms with Crippen molar-refractivity contribution in [1.29, 1.82) is 0 Å². The predicted molar refractivity (Wildman–Crippen MR) is 73.9 cm³/mol. The van der Waals surface area contributed by atoms with Crippen LogP contribution in [-0.4, -0.2) is 44.6 Å². The van der Waals surface area contributed by atoms with Gasteiger partial charge in [0.15, 0.2) is 0 Å². The van der Waals surface area contributed by atoms with Crippen molar-refractivity contribution in [2.45, 2.75) is 6.42 Å². The lowest BCUT2D eigenvalue weighted by atomic mass is 10.2. The average Bonchev–Trinajstić information content (AvgIpc) is 2.37. The fourth-order valence-corrected chi connectivity index (χ4v) is 1.91. The molecule has 1 aromatic rings. The van der Waals surface area contributed by atoms with Crippen LogP contribution in [0.2, 0.25) is 0 Å². The monoisotopic (exact) mass is 332 g/mol. The molecule has 0 amide bonds. The summed E-state index contributed by atoms with van der Waals surface area (Å²) in [5.41, 5.74) is 0.211. The third kappa shape index (κ3) is 6.04. The number of rotatable bonds is 9. The summed E-state index contributed by atoms with van der Waals surface area (Å²) in [5.74, 6) is -0.364.